The Morgan fingerprint density at radius 1 is 1.24 bits per heavy atom. The Morgan fingerprint density at radius 2 is 1.90 bits per heavy atom. The number of rotatable bonds is 5. The maximum absolute atomic E-state index is 12.0. The van der Waals surface area contributed by atoms with Crippen molar-refractivity contribution in [3.63, 3.8) is 0 Å². The van der Waals surface area contributed by atoms with Crippen LogP contribution in [-0.4, -0.2) is 92.5 Å². The van der Waals surface area contributed by atoms with Crippen LogP contribution in [-0.2, 0) is 9.47 Å². The lowest BCUT2D eigenvalue weighted by Crippen LogP contribution is -2.53. The molecule has 2 fully saturated rings. The third-order valence-corrected chi connectivity index (χ3v) is 5.17. The summed E-state index contributed by atoms with van der Waals surface area (Å²) in [4.78, 5) is 21.2. The van der Waals surface area contributed by atoms with E-state index < -0.39 is 5.60 Å². The van der Waals surface area contributed by atoms with E-state index in [4.69, 9.17) is 9.47 Å². The van der Waals surface area contributed by atoms with E-state index >= 15 is 0 Å². The fraction of sp³-hybridized carbons (Fsp3) is 0.900. The van der Waals surface area contributed by atoms with Crippen LogP contribution in [0, 0.1) is 5.92 Å². The third-order valence-electron chi connectivity index (χ3n) is 5.17. The molecule has 0 saturated carbocycles. The molecule has 0 aromatic carbocycles. The van der Waals surface area contributed by atoms with E-state index in [1.54, 1.807) is 0 Å². The van der Waals surface area contributed by atoms with Gasteiger partial charge in [0.05, 0.1) is 19.3 Å². The lowest BCUT2D eigenvalue weighted by Gasteiger charge is -2.37. The third kappa shape index (κ3) is 8.84. The van der Waals surface area contributed by atoms with Gasteiger partial charge in [0, 0.05) is 45.8 Å². The molecule has 0 spiro atoms. The number of carbonyl (C=O) groups is 1. The Labute approximate surface area is 193 Å². The summed E-state index contributed by atoms with van der Waals surface area (Å²) in [7, 11) is 1.82. The fourth-order valence-electron chi connectivity index (χ4n) is 3.77. The molecule has 9 heteroatoms. The maximum Gasteiger partial charge on any atom is 0.407 e. The molecular formula is C20H40IN5O3. The lowest BCUT2D eigenvalue weighted by atomic mass is 10.0. The van der Waals surface area contributed by atoms with Gasteiger partial charge in [-0.2, -0.15) is 0 Å². The summed E-state index contributed by atoms with van der Waals surface area (Å²) < 4.78 is 10.9. The molecule has 2 unspecified atom stereocenters. The maximum atomic E-state index is 12.0. The van der Waals surface area contributed by atoms with Crippen molar-refractivity contribution in [3.05, 3.63) is 0 Å². The van der Waals surface area contributed by atoms with E-state index in [0.717, 1.165) is 58.3 Å². The average molecular weight is 525 g/mol. The number of alkyl carbamates (subject to hydrolysis) is 1. The van der Waals surface area contributed by atoms with Gasteiger partial charge in [0.2, 0.25) is 0 Å². The number of hydrogen-bond acceptors (Lipinski definition) is 5. The van der Waals surface area contributed by atoms with Crippen LogP contribution >= 0.6 is 24.0 Å². The second-order valence-electron chi connectivity index (χ2n) is 8.97. The average Bonchev–Trinajstić information content (AvgIpc) is 3.05. The standard InChI is InChI=1S/C20H39N5O3.HI/c1-15(2)17(24-9-11-27-12-10-24)13-22-18(21-6)25-8-7-16(14-25)23-19(26)28-20(3,4)5;/h15-17H,7-14H2,1-6H3,(H,21,22)(H,23,26);1H. The van der Waals surface area contributed by atoms with Crippen LogP contribution in [0.1, 0.15) is 41.0 Å². The first-order chi connectivity index (χ1) is 13.2. The Morgan fingerprint density at radius 3 is 2.45 bits per heavy atom. The highest BCUT2D eigenvalue weighted by molar-refractivity contribution is 14.0. The minimum atomic E-state index is -0.481. The number of aliphatic imine (C=N–C) groups is 1. The first kappa shape index (κ1) is 26.2. The summed E-state index contributed by atoms with van der Waals surface area (Å²) in [6.07, 6.45) is 0.534. The molecule has 170 valence electrons. The van der Waals surface area contributed by atoms with Crippen molar-refractivity contribution in [2.24, 2.45) is 10.9 Å². The number of hydrogen-bond donors (Lipinski definition) is 2. The van der Waals surface area contributed by atoms with Gasteiger partial charge in [-0.1, -0.05) is 13.8 Å². The van der Waals surface area contributed by atoms with Gasteiger partial charge in [0.15, 0.2) is 5.96 Å². The highest BCUT2D eigenvalue weighted by Crippen LogP contribution is 2.14. The minimum absolute atomic E-state index is 0. The molecule has 0 bridgehead atoms. The van der Waals surface area contributed by atoms with Gasteiger partial charge in [0.1, 0.15) is 5.60 Å². The number of ether oxygens (including phenoxy) is 2. The van der Waals surface area contributed by atoms with E-state index in [9.17, 15) is 4.79 Å². The van der Waals surface area contributed by atoms with Gasteiger partial charge in [-0.25, -0.2) is 4.79 Å². The van der Waals surface area contributed by atoms with Crippen molar-refractivity contribution >= 4 is 36.0 Å². The molecule has 29 heavy (non-hydrogen) atoms. The second-order valence-corrected chi connectivity index (χ2v) is 8.97. The molecule has 2 aliphatic heterocycles. The number of morpholine rings is 1. The summed E-state index contributed by atoms with van der Waals surface area (Å²) in [5.41, 5.74) is -0.481. The number of likely N-dealkylation sites (tertiary alicyclic amines) is 1. The lowest BCUT2D eigenvalue weighted by molar-refractivity contribution is 0.00741. The normalized spacial score (nSPS) is 22.2. The van der Waals surface area contributed by atoms with Crippen LogP contribution in [0.5, 0.6) is 0 Å². The van der Waals surface area contributed by atoms with Crippen LogP contribution in [0.15, 0.2) is 4.99 Å². The first-order valence-corrected chi connectivity index (χ1v) is 10.5. The quantitative estimate of drug-likeness (QED) is 0.326. The summed E-state index contributed by atoms with van der Waals surface area (Å²) in [6, 6.07) is 0.521. The summed E-state index contributed by atoms with van der Waals surface area (Å²) >= 11 is 0. The molecule has 2 heterocycles. The summed E-state index contributed by atoms with van der Waals surface area (Å²) in [6.45, 7) is 16.2. The van der Waals surface area contributed by atoms with Crippen molar-refractivity contribution in [1.82, 2.24) is 20.4 Å². The van der Waals surface area contributed by atoms with Crippen molar-refractivity contribution < 1.29 is 14.3 Å². The van der Waals surface area contributed by atoms with Crippen LogP contribution in [0.3, 0.4) is 0 Å². The van der Waals surface area contributed by atoms with E-state index in [-0.39, 0.29) is 36.1 Å². The Kier molecular flexibility index (Phi) is 11.0. The highest BCUT2D eigenvalue weighted by atomic mass is 127. The first-order valence-electron chi connectivity index (χ1n) is 10.5. The smallest absolute Gasteiger partial charge is 0.407 e. The fourth-order valence-corrected chi connectivity index (χ4v) is 3.77. The number of nitrogens with one attached hydrogen (secondary N) is 2. The Hall–Kier alpha value is -0.810. The molecular weight excluding hydrogens is 485 g/mol. The topological polar surface area (TPSA) is 78.4 Å². The number of guanidine groups is 1. The molecule has 0 radical (unpaired) electrons. The molecule has 2 rings (SSSR count). The molecule has 0 aromatic heterocycles. The van der Waals surface area contributed by atoms with Crippen LogP contribution in [0.25, 0.3) is 0 Å². The van der Waals surface area contributed by atoms with E-state index in [0.29, 0.717) is 12.0 Å². The summed E-state index contributed by atoms with van der Waals surface area (Å²) in [5, 5.41) is 6.52. The highest BCUT2D eigenvalue weighted by Gasteiger charge is 2.29. The molecule has 8 nitrogen and oxygen atoms in total. The van der Waals surface area contributed by atoms with E-state index in [2.05, 4.69) is 39.3 Å². The SMILES string of the molecule is CN=C(NCC(C(C)C)N1CCOCC1)N1CCC(NC(=O)OC(C)(C)C)C1.I. The van der Waals surface area contributed by atoms with Crippen LogP contribution in [0.2, 0.25) is 0 Å². The predicted octanol–water partition coefficient (Wildman–Crippen LogP) is 2.14. The zero-order chi connectivity index (χ0) is 20.7. The number of carbonyl (C=O) groups excluding carboxylic acids is 1. The zero-order valence-electron chi connectivity index (χ0n) is 18.9. The van der Waals surface area contributed by atoms with Crippen molar-refractivity contribution in [2.45, 2.75) is 58.7 Å². The summed E-state index contributed by atoms with van der Waals surface area (Å²) in [5.74, 6) is 1.44. The van der Waals surface area contributed by atoms with Gasteiger partial charge in [0.25, 0.3) is 0 Å². The molecule has 2 N–H and O–H groups in total. The minimum Gasteiger partial charge on any atom is -0.444 e. The second kappa shape index (κ2) is 12.1. The van der Waals surface area contributed by atoms with Crippen molar-refractivity contribution in [2.75, 3.05) is 53.0 Å². The molecule has 0 aliphatic carbocycles. The molecule has 2 saturated heterocycles. The Balaban J connectivity index is 0.00000420. The van der Waals surface area contributed by atoms with E-state index in [1.165, 1.54) is 0 Å². The molecule has 2 aliphatic rings. The van der Waals surface area contributed by atoms with Gasteiger partial charge >= 0.3 is 6.09 Å². The van der Waals surface area contributed by atoms with Crippen molar-refractivity contribution in [1.29, 1.82) is 0 Å². The van der Waals surface area contributed by atoms with Gasteiger partial charge in [-0.05, 0) is 33.1 Å². The largest absolute Gasteiger partial charge is 0.444 e. The van der Waals surface area contributed by atoms with E-state index in [1.807, 2.05) is 27.8 Å². The monoisotopic (exact) mass is 525 g/mol. The molecule has 2 atom stereocenters. The molecule has 0 aromatic rings. The van der Waals surface area contributed by atoms with Gasteiger partial charge in [-0.3, -0.25) is 9.89 Å². The number of halogens is 1. The zero-order valence-corrected chi connectivity index (χ0v) is 21.2. The van der Waals surface area contributed by atoms with Crippen LogP contribution in [0.4, 0.5) is 4.79 Å². The number of nitrogens with zero attached hydrogens (tertiary/aromatic N) is 3. The Bertz CT molecular complexity index is 533. The molecule has 1 amide bonds. The van der Waals surface area contributed by atoms with Crippen LogP contribution < -0.4 is 10.6 Å². The van der Waals surface area contributed by atoms with Crippen molar-refractivity contribution in [3.8, 4) is 0 Å². The van der Waals surface area contributed by atoms with Gasteiger partial charge < -0.3 is 25.0 Å². The van der Waals surface area contributed by atoms with Gasteiger partial charge in [-0.15, -0.1) is 24.0 Å². The predicted molar refractivity (Wildman–Crippen MR) is 127 cm³/mol. The number of amides is 1.